The first-order valence-electron chi connectivity index (χ1n) is 14.7. The van der Waals surface area contributed by atoms with Crippen LogP contribution in [0.15, 0.2) is 72.6 Å². The van der Waals surface area contributed by atoms with Crippen molar-refractivity contribution < 1.29 is 9.53 Å². The average molecular weight is 584 g/mol. The summed E-state index contributed by atoms with van der Waals surface area (Å²) in [5, 5.41) is 1.71. The van der Waals surface area contributed by atoms with Gasteiger partial charge in [-0.25, -0.2) is 4.98 Å². The van der Waals surface area contributed by atoms with Crippen LogP contribution in [0.4, 0.5) is 5.69 Å². The van der Waals surface area contributed by atoms with Gasteiger partial charge >= 0.3 is 0 Å². The number of allylic oxidation sites excluding steroid dienone is 1. The minimum Gasteiger partial charge on any atom is -0.455 e. The highest BCUT2D eigenvalue weighted by atomic mass is 35.5. The Labute approximate surface area is 252 Å². The Bertz CT molecular complexity index is 1640. The second kappa shape index (κ2) is 11.5. The monoisotopic (exact) mass is 583 g/mol. The Morgan fingerprint density at radius 2 is 1.95 bits per heavy atom. The van der Waals surface area contributed by atoms with Gasteiger partial charge in [0, 0.05) is 60.6 Å². The van der Waals surface area contributed by atoms with E-state index in [1.54, 1.807) is 17.8 Å². The molecule has 1 aliphatic carbocycles. The molecule has 3 N–H and O–H groups in total. The lowest BCUT2D eigenvalue weighted by Crippen LogP contribution is -2.52. The van der Waals surface area contributed by atoms with Gasteiger partial charge in [0.2, 0.25) is 0 Å². The Morgan fingerprint density at radius 3 is 2.71 bits per heavy atom. The Kier molecular flexibility index (Phi) is 7.73. The first-order chi connectivity index (χ1) is 20.1. The number of hydrogen-bond donors (Lipinski definition) is 2. The lowest BCUT2D eigenvalue weighted by atomic mass is 9.72. The van der Waals surface area contributed by atoms with Crippen LogP contribution in [0.2, 0.25) is 5.02 Å². The van der Waals surface area contributed by atoms with Crippen molar-refractivity contribution in [1.82, 2.24) is 14.9 Å². The van der Waals surface area contributed by atoms with E-state index in [-0.39, 0.29) is 0 Å². The normalized spacial score (nSPS) is 19.3. The highest BCUT2D eigenvalue weighted by Crippen LogP contribution is 2.43. The van der Waals surface area contributed by atoms with E-state index < -0.39 is 5.91 Å². The van der Waals surface area contributed by atoms with E-state index in [4.69, 9.17) is 22.1 Å². The van der Waals surface area contributed by atoms with E-state index >= 15 is 0 Å². The van der Waals surface area contributed by atoms with Crippen LogP contribution in [0, 0.1) is 5.41 Å². The number of carbonyl (C=O) groups is 1. The quantitative estimate of drug-likeness (QED) is 0.239. The number of anilines is 1. The number of primary amides is 1. The van der Waals surface area contributed by atoms with Crippen LogP contribution in [0.3, 0.4) is 0 Å². The standard InChI is InChI=1S/C34H38ClN5O2/c1-22-20-40(15-14-39(22)21-25-10-12-34(2,3)18-30(25)23-4-6-26(35)7-5-23)27-8-9-29(32(36)41)31(17-27)42-28-16-24-11-13-37-33(24)38-19-28/h4-9,11,13,16-17,19,22H,10,12,14-15,18,20-21H2,1-3H3,(H2,36,41)(H,37,38)/t22-/m0/s1. The lowest BCUT2D eigenvalue weighted by molar-refractivity contribution is 0.0998. The summed E-state index contributed by atoms with van der Waals surface area (Å²) in [5.41, 5.74) is 12.5. The van der Waals surface area contributed by atoms with Crippen molar-refractivity contribution in [2.24, 2.45) is 11.1 Å². The topological polar surface area (TPSA) is 87.5 Å². The van der Waals surface area contributed by atoms with E-state index in [1.165, 1.54) is 17.6 Å². The number of aromatic amines is 1. The van der Waals surface area contributed by atoms with Crippen molar-refractivity contribution in [1.29, 1.82) is 0 Å². The molecule has 3 heterocycles. The van der Waals surface area contributed by atoms with E-state index in [9.17, 15) is 4.79 Å². The molecule has 0 bridgehead atoms. The molecule has 0 saturated carbocycles. The Hall–Kier alpha value is -3.81. The molecule has 1 saturated heterocycles. The predicted molar refractivity (Wildman–Crippen MR) is 170 cm³/mol. The molecule has 1 amide bonds. The number of carbonyl (C=O) groups excluding carboxylic acids is 1. The molecule has 4 aromatic rings. The van der Waals surface area contributed by atoms with Crippen molar-refractivity contribution >= 4 is 39.8 Å². The highest BCUT2D eigenvalue weighted by molar-refractivity contribution is 6.30. The van der Waals surface area contributed by atoms with Gasteiger partial charge in [-0.3, -0.25) is 9.69 Å². The summed E-state index contributed by atoms with van der Waals surface area (Å²) < 4.78 is 6.18. The summed E-state index contributed by atoms with van der Waals surface area (Å²) in [6.45, 7) is 10.7. The molecule has 7 nitrogen and oxygen atoms in total. The number of pyridine rings is 1. The van der Waals surface area contributed by atoms with Crippen LogP contribution in [0.1, 0.15) is 56.0 Å². The second-order valence-electron chi connectivity index (χ2n) is 12.4. The summed E-state index contributed by atoms with van der Waals surface area (Å²) >= 11 is 6.21. The number of rotatable bonds is 7. The minimum absolute atomic E-state index is 0.295. The zero-order chi connectivity index (χ0) is 29.4. The lowest BCUT2D eigenvalue weighted by Gasteiger charge is -2.43. The first kappa shape index (κ1) is 28.3. The molecule has 1 fully saturated rings. The third-order valence-electron chi connectivity index (χ3n) is 8.74. The maximum absolute atomic E-state index is 12.2. The summed E-state index contributed by atoms with van der Waals surface area (Å²) in [5.74, 6) is 0.473. The van der Waals surface area contributed by atoms with Crippen LogP contribution < -0.4 is 15.4 Å². The smallest absolute Gasteiger partial charge is 0.252 e. The molecule has 6 rings (SSSR count). The number of nitrogens with two attached hydrogens (primary N) is 1. The van der Waals surface area contributed by atoms with E-state index in [1.807, 2.05) is 42.6 Å². The number of piperazine rings is 1. The van der Waals surface area contributed by atoms with Gasteiger partial charge in [-0.15, -0.1) is 0 Å². The maximum atomic E-state index is 12.2. The van der Waals surface area contributed by atoms with Crippen molar-refractivity contribution in [3.8, 4) is 11.5 Å². The third-order valence-corrected chi connectivity index (χ3v) is 8.99. The molecule has 2 aromatic heterocycles. The molecule has 2 aliphatic rings. The largest absolute Gasteiger partial charge is 0.455 e. The summed E-state index contributed by atoms with van der Waals surface area (Å²) in [6.07, 6.45) is 6.89. The Balaban J connectivity index is 1.20. The van der Waals surface area contributed by atoms with E-state index in [0.717, 1.165) is 60.8 Å². The van der Waals surface area contributed by atoms with Gasteiger partial charge in [0.15, 0.2) is 0 Å². The second-order valence-corrected chi connectivity index (χ2v) is 12.9. The SMILES string of the molecule is C[C@H]1CN(c2ccc(C(N)=O)c(Oc3cnc4[nH]ccc4c3)c2)CCN1CC1=C(c2ccc(Cl)cc2)CC(C)(C)CC1. The highest BCUT2D eigenvalue weighted by Gasteiger charge is 2.31. The summed E-state index contributed by atoms with van der Waals surface area (Å²) in [4.78, 5) is 24.7. The molecule has 2 aromatic carbocycles. The van der Waals surface area contributed by atoms with E-state index in [2.05, 4.69) is 52.7 Å². The molecular weight excluding hydrogens is 546 g/mol. The van der Waals surface area contributed by atoms with E-state index in [0.29, 0.717) is 28.5 Å². The van der Waals surface area contributed by atoms with Gasteiger partial charge in [0.25, 0.3) is 5.91 Å². The van der Waals surface area contributed by atoms with Crippen LogP contribution in [0.25, 0.3) is 16.6 Å². The molecule has 1 atom stereocenters. The van der Waals surface area contributed by atoms with Crippen molar-refractivity contribution in [3.05, 3.63) is 88.7 Å². The van der Waals surface area contributed by atoms with Gasteiger partial charge in [-0.1, -0.05) is 43.2 Å². The molecule has 0 unspecified atom stereocenters. The van der Waals surface area contributed by atoms with Crippen LogP contribution in [0.5, 0.6) is 11.5 Å². The molecule has 1 aliphatic heterocycles. The van der Waals surface area contributed by atoms with Gasteiger partial charge in [-0.2, -0.15) is 0 Å². The predicted octanol–water partition coefficient (Wildman–Crippen LogP) is 7.28. The number of nitrogens with one attached hydrogen (secondary N) is 1. The van der Waals surface area contributed by atoms with Crippen LogP contribution in [-0.2, 0) is 0 Å². The third kappa shape index (κ3) is 6.03. The molecule has 42 heavy (non-hydrogen) atoms. The number of hydrogen-bond acceptors (Lipinski definition) is 5. The zero-order valence-electron chi connectivity index (χ0n) is 24.5. The fourth-order valence-corrected chi connectivity index (χ4v) is 6.40. The van der Waals surface area contributed by atoms with Gasteiger partial charge in [0.1, 0.15) is 17.1 Å². The number of nitrogens with zero attached hydrogens (tertiary/aromatic N) is 3. The summed E-state index contributed by atoms with van der Waals surface area (Å²) in [7, 11) is 0. The molecule has 8 heteroatoms. The number of aromatic nitrogens is 2. The van der Waals surface area contributed by atoms with Gasteiger partial charge in [0.05, 0.1) is 11.8 Å². The van der Waals surface area contributed by atoms with Crippen molar-refractivity contribution in [2.75, 3.05) is 31.1 Å². The first-order valence-corrected chi connectivity index (χ1v) is 15.0. The number of H-pyrrole nitrogens is 1. The van der Waals surface area contributed by atoms with Crippen LogP contribution in [-0.4, -0.2) is 53.0 Å². The van der Waals surface area contributed by atoms with Gasteiger partial charge < -0.3 is 20.4 Å². The molecule has 0 spiro atoms. The molecule has 218 valence electrons. The fraction of sp³-hybridized carbons (Fsp3) is 0.353. The average Bonchev–Trinajstić information content (AvgIpc) is 3.43. The number of ether oxygens (including phenoxy) is 1. The van der Waals surface area contributed by atoms with Crippen molar-refractivity contribution in [2.45, 2.75) is 46.1 Å². The number of amides is 1. The Morgan fingerprint density at radius 1 is 1.14 bits per heavy atom. The fourth-order valence-electron chi connectivity index (χ4n) is 6.27. The van der Waals surface area contributed by atoms with Gasteiger partial charge in [-0.05, 0) is 79.1 Å². The maximum Gasteiger partial charge on any atom is 0.252 e. The number of halogens is 1. The van der Waals surface area contributed by atoms with Crippen molar-refractivity contribution in [3.63, 3.8) is 0 Å². The zero-order valence-corrected chi connectivity index (χ0v) is 25.2. The molecule has 0 radical (unpaired) electrons. The minimum atomic E-state index is -0.522. The molecular formula is C34H38ClN5O2. The van der Waals surface area contributed by atoms with Crippen LogP contribution >= 0.6 is 11.6 Å². The number of benzene rings is 2. The number of fused-ring (bicyclic) bond motifs is 1. The summed E-state index contributed by atoms with van der Waals surface area (Å²) in [6, 6.07) is 18.2.